The van der Waals surface area contributed by atoms with Crippen LogP contribution in [0, 0.1) is 0 Å². The zero-order valence-electron chi connectivity index (χ0n) is 11.8. The number of H-pyrrole nitrogens is 1. The minimum absolute atomic E-state index is 0.0320. The van der Waals surface area contributed by atoms with E-state index in [4.69, 9.17) is 14.9 Å². The number of methoxy groups -OCH3 is 1. The third-order valence-corrected chi connectivity index (χ3v) is 3.81. The van der Waals surface area contributed by atoms with Crippen molar-refractivity contribution in [3.8, 4) is 11.5 Å². The van der Waals surface area contributed by atoms with E-state index in [2.05, 4.69) is 10.2 Å². The Bertz CT molecular complexity index is 608. The highest BCUT2D eigenvalue weighted by atomic mass is 16.5. The van der Waals surface area contributed by atoms with Gasteiger partial charge in [0.1, 0.15) is 11.5 Å². The molecule has 112 valence electrons. The first-order valence-electron chi connectivity index (χ1n) is 6.82. The van der Waals surface area contributed by atoms with Crippen LogP contribution in [0.5, 0.6) is 0 Å². The summed E-state index contributed by atoms with van der Waals surface area (Å²) < 4.78 is 11.1. The Morgan fingerprint density at radius 1 is 1.57 bits per heavy atom. The maximum atomic E-state index is 11.5. The topological polar surface area (TPSA) is 97.4 Å². The van der Waals surface area contributed by atoms with Gasteiger partial charge in [-0.25, -0.2) is 0 Å². The zero-order chi connectivity index (χ0) is 14.8. The predicted octanol–water partition coefficient (Wildman–Crippen LogP) is 0.744. The molecule has 21 heavy (non-hydrogen) atoms. The fourth-order valence-electron chi connectivity index (χ4n) is 2.70. The van der Waals surface area contributed by atoms with E-state index < -0.39 is 0 Å². The number of rotatable bonds is 5. The first-order chi connectivity index (χ1) is 10.2. The summed E-state index contributed by atoms with van der Waals surface area (Å²) in [6.45, 7) is 1.20. The van der Waals surface area contributed by atoms with Gasteiger partial charge in [0.05, 0.1) is 18.7 Å². The molecule has 0 bridgehead atoms. The number of likely N-dealkylation sites (tertiary alicyclic amines) is 1. The Morgan fingerprint density at radius 2 is 2.43 bits per heavy atom. The van der Waals surface area contributed by atoms with Crippen LogP contribution in [0.4, 0.5) is 0 Å². The number of aromatic amines is 1. The van der Waals surface area contributed by atoms with Gasteiger partial charge in [-0.05, 0) is 24.6 Å². The molecule has 1 amide bonds. The van der Waals surface area contributed by atoms with Crippen LogP contribution in [-0.2, 0) is 16.1 Å². The van der Waals surface area contributed by atoms with E-state index in [9.17, 15) is 4.79 Å². The van der Waals surface area contributed by atoms with Gasteiger partial charge in [-0.3, -0.25) is 14.8 Å². The van der Waals surface area contributed by atoms with Crippen LogP contribution in [0.15, 0.2) is 28.8 Å². The molecule has 0 saturated carbocycles. The molecular formula is C14H18N4O3. The molecular weight excluding hydrogens is 272 g/mol. The molecule has 2 aromatic rings. The summed E-state index contributed by atoms with van der Waals surface area (Å²) in [4.78, 5) is 13.5. The quantitative estimate of drug-likeness (QED) is 0.846. The van der Waals surface area contributed by atoms with Gasteiger partial charge in [0, 0.05) is 19.9 Å². The Kier molecular flexibility index (Phi) is 3.76. The highest BCUT2D eigenvalue weighted by molar-refractivity contribution is 5.80. The van der Waals surface area contributed by atoms with Crippen molar-refractivity contribution in [2.75, 3.05) is 13.7 Å². The summed E-state index contributed by atoms with van der Waals surface area (Å²) in [6.07, 6.45) is 2.33. The number of hydrogen-bond acceptors (Lipinski definition) is 5. The Balaban J connectivity index is 1.72. The maximum absolute atomic E-state index is 11.5. The van der Waals surface area contributed by atoms with Gasteiger partial charge in [0.15, 0.2) is 5.76 Å². The second kappa shape index (κ2) is 5.71. The largest absolute Gasteiger partial charge is 0.458 e. The Hall–Kier alpha value is -2.12. The van der Waals surface area contributed by atoms with Crippen molar-refractivity contribution >= 4 is 5.91 Å². The molecule has 1 aliphatic rings. The second-order valence-electron chi connectivity index (χ2n) is 5.18. The second-order valence-corrected chi connectivity index (χ2v) is 5.18. The molecule has 0 spiro atoms. The number of nitrogens with one attached hydrogen (secondary N) is 1. The predicted molar refractivity (Wildman–Crippen MR) is 75.1 cm³/mol. The van der Waals surface area contributed by atoms with Crippen molar-refractivity contribution < 1.29 is 13.9 Å². The minimum atomic E-state index is -0.324. The number of aromatic nitrogens is 2. The van der Waals surface area contributed by atoms with Crippen LogP contribution >= 0.6 is 0 Å². The number of nitrogens with zero attached hydrogens (tertiary/aromatic N) is 2. The van der Waals surface area contributed by atoms with Crippen LogP contribution in [0.3, 0.4) is 0 Å². The molecule has 3 N–H and O–H groups in total. The molecule has 2 aromatic heterocycles. The van der Waals surface area contributed by atoms with Gasteiger partial charge in [-0.2, -0.15) is 5.10 Å². The fourth-order valence-corrected chi connectivity index (χ4v) is 2.70. The zero-order valence-corrected chi connectivity index (χ0v) is 11.8. The lowest BCUT2D eigenvalue weighted by Crippen LogP contribution is -2.39. The first-order valence-corrected chi connectivity index (χ1v) is 6.82. The van der Waals surface area contributed by atoms with E-state index in [1.54, 1.807) is 13.3 Å². The van der Waals surface area contributed by atoms with Crippen molar-refractivity contribution in [3.05, 3.63) is 30.2 Å². The highest BCUT2D eigenvalue weighted by Crippen LogP contribution is 2.25. The third kappa shape index (κ3) is 2.84. The van der Waals surface area contributed by atoms with Crippen molar-refractivity contribution in [2.45, 2.75) is 25.1 Å². The summed E-state index contributed by atoms with van der Waals surface area (Å²) in [5.74, 6) is 1.18. The van der Waals surface area contributed by atoms with E-state index >= 15 is 0 Å². The summed E-state index contributed by atoms with van der Waals surface area (Å²) in [7, 11) is 1.65. The lowest BCUT2D eigenvalue weighted by atomic mass is 10.2. The smallest absolute Gasteiger partial charge is 0.234 e. The molecule has 2 atom stereocenters. The SMILES string of the molecule is CO[C@H]1C[C@@H](C(N)=O)N(Cc2ccc(-c3ccn[nH]3)o2)C1. The number of amides is 1. The van der Waals surface area contributed by atoms with E-state index in [0.717, 1.165) is 17.2 Å². The van der Waals surface area contributed by atoms with Crippen LogP contribution < -0.4 is 5.73 Å². The van der Waals surface area contributed by atoms with Gasteiger partial charge >= 0.3 is 0 Å². The molecule has 7 nitrogen and oxygen atoms in total. The van der Waals surface area contributed by atoms with Crippen LogP contribution in [0.1, 0.15) is 12.2 Å². The van der Waals surface area contributed by atoms with Gasteiger partial charge < -0.3 is 14.9 Å². The molecule has 0 aromatic carbocycles. The number of hydrogen-bond donors (Lipinski definition) is 2. The molecule has 3 rings (SSSR count). The molecule has 0 unspecified atom stereocenters. The van der Waals surface area contributed by atoms with Gasteiger partial charge in [0.2, 0.25) is 5.91 Å². The lowest BCUT2D eigenvalue weighted by molar-refractivity contribution is -0.122. The van der Waals surface area contributed by atoms with Crippen LogP contribution in [-0.4, -0.2) is 46.8 Å². The maximum Gasteiger partial charge on any atom is 0.234 e. The van der Waals surface area contributed by atoms with E-state index in [0.29, 0.717) is 19.5 Å². The first kappa shape index (κ1) is 13.8. The van der Waals surface area contributed by atoms with E-state index in [1.807, 2.05) is 23.1 Å². The van der Waals surface area contributed by atoms with Crippen molar-refractivity contribution in [1.82, 2.24) is 15.1 Å². The van der Waals surface area contributed by atoms with Gasteiger partial charge in [0.25, 0.3) is 0 Å². The number of primary amides is 1. The summed E-state index contributed by atoms with van der Waals surface area (Å²) in [6, 6.07) is 5.31. The lowest BCUT2D eigenvalue weighted by Gasteiger charge is -2.19. The average molecular weight is 290 g/mol. The van der Waals surface area contributed by atoms with Crippen molar-refractivity contribution in [2.24, 2.45) is 5.73 Å². The normalized spacial score (nSPS) is 22.7. The molecule has 1 aliphatic heterocycles. The standard InChI is InChI=1S/C14H18N4O3/c1-20-10-6-12(14(15)19)18(8-10)7-9-2-3-13(21-9)11-4-5-16-17-11/h2-5,10,12H,6-8H2,1H3,(H2,15,19)(H,16,17)/t10-,12-/m0/s1. The monoisotopic (exact) mass is 290 g/mol. The number of nitrogens with two attached hydrogens (primary N) is 1. The van der Waals surface area contributed by atoms with Crippen molar-refractivity contribution in [1.29, 1.82) is 0 Å². The number of carbonyl (C=O) groups is 1. The number of ether oxygens (including phenoxy) is 1. The molecule has 0 radical (unpaired) electrons. The summed E-state index contributed by atoms with van der Waals surface area (Å²) in [5, 5.41) is 6.75. The average Bonchev–Trinajstić information content (AvgIpc) is 3.18. The van der Waals surface area contributed by atoms with E-state index in [-0.39, 0.29) is 18.1 Å². The van der Waals surface area contributed by atoms with Crippen molar-refractivity contribution in [3.63, 3.8) is 0 Å². The third-order valence-electron chi connectivity index (χ3n) is 3.81. The molecule has 3 heterocycles. The highest BCUT2D eigenvalue weighted by Gasteiger charge is 2.36. The number of furan rings is 1. The minimum Gasteiger partial charge on any atom is -0.458 e. The van der Waals surface area contributed by atoms with E-state index in [1.165, 1.54) is 0 Å². The summed E-state index contributed by atoms with van der Waals surface area (Å²) >= 11 is 0. The molecule has 1 saturated heterocycles. The molecule has 0 aliphatic carbocycles. The molecule has 1 fully saturated rings. The Morgan fingerprint density at radius 3 is 3.10 bits per heavy atom. The number of carbonyl (C=O) groups excluding carboxylic acids is 1. The molecule has 7 heteroatoms. The summed E-state index contributed by atoms with van der Waals surface area (Å²) in [5.41, 5.74) is 6.28. The van der Waals surface area contributed by atoms with Gasteiger partial charge in [-0.15, -0.1) is 0 Å². The fraction of sp³-hybridized carbons (Fsp3) is 0.429. The van der Waals surface area contributed by atoms with Gasteiger partial charge in [-0.1, -0.05) is 0 Å². The van der Waals surface area contributed by atoms with Crippen LogP contribution in [0.2, 0.25) is 0 Å². The van der Waals surface area contributed by atoms with Crippen LogP contribution in [0.25, 0.3) is 11.5 Å². The Labute approximate surface area is 122 Å².